The van der Waals surface area contributed by atoms with Crippen LogP contribution in [0.3, 0.4) is 0 Å². The Kier molecular flexibility index (Phi) is 4.90. The lowest BCUT2D eigenvalue weighted by molar-refractivity contribution is 0.134. The van der Waals surface area contributed by atoms with E-state index in [9.17, 15) is 13.5 Å². The first kappa shape index (κ1) is 14.4. The summed E-state index contributed by atoms with van der Waals surface area (Å²) in [4.78, 5) is 4.10. The molecule has 0 radical (unpaired) electrons. The number of aryl methyl sites for hydroxylation is 1. The summed E-state index contributed by atoms with van der Waals surface area (Å²) < 4.78 is 26.3. The molecule has 0 aromatic carbocycles. The van der Waals surface area contributed by atoms with Gasteiger partial charge in [0.1, 0.15) is 0 Å². The standard InChI is InChI=1S/C13H20N2O3S/c16-13-6-3-4-11(13)10-15-19(17,18)9-7-12-5-1-2-8-14-12/h1-2,5,8,11,13,15-16H,3-4,6-7,9-10H2. The Morgan fingerprint density at radius 1 is 1.37 bits per heavy atom. The minimum Gasteiger partial charge on any atom is -0.393 e. The third kappa shape index (κ3) is 4.56. The van der Waals surface area contributed by atoms with E-state index in [4.69, 9.17) is 0 Å². The molecule has 2 atom stereocenters. The Balaban J connectivity index is 1.79. The topological polar surface area (TPSA) is 79.3 Å². The Morgan fingerprint density at radius 3 is 2.84 bits per heavy atom. The highest BCUT2D eigenvalue weighted by Gasteiger charge is 2.26. The molecule has 1 aliphatic rings. The molecule has 2 N–H and O–H groups in total. The number of aliphatic hydroxyl groups is 1. The van der Waals surface area contributed by atoms with E-state index in [1.54, 1.807) is 12.3 Å². The number of hydrogen-bond donors (Lipinski definition) is 2. The summed E-state index contributed by atoms with van der Waals surface area (Å²) in [6.07, 6.45) is 4.35. The Labute approximate surface area is 114 Å². The molecule has 106 valence electrons. The van der Waals surface area contributed by atoms with Gasteiger partial charge in [0.05, 0.1) is 11.9 Å². The highest BCUT2D eigenvalue weighted by molar-refractivity contribution is 7.89. The first-order valence-electron chi connectivity index (χ1n) is 6.62. The average molecular weight is 284 g/mol. The Bertz CT molecular complexity index is 490. The van der Waals surface area contributed by atoms with Crippen LogP contribution < -0.4 is 4.72 Å². The van der Waals surface area contributed by atoms with Gasteiger partial charge in [0, 0.05) is 24.9 Å². The number of rotatable bonds is 6. The van der Waals surface area contributed by atoms with Gasteiger partial charge in [-0.25, -0.2) is 13.1 Å². The van der Waals surface area contributed by atoms with Crippen molar-refractivity contribution in [3.8, 4) is 0 Å². The van der Waals surface area contributed by atoms with Crippen LogP contribution >= 0.6 is 0 Å². The van der Waals surface area contributed by atoms with Crippen molar-refractivity contribution in [1.29, 1.82) is 0 Å². The van der Waals surface area contributed by atoms with Gasteiger partial charge in [0.25, 0.3) is 0 Å². The van der Waals surface area contributed by atoms with Crippen LogP contribution in [0.1, 0.15) is 25.0 Å². The zero-order valence-corrected chi connectivity index (χ0v) is 11.6. The number of pyridine rings is 1. The minimum atomic E-state index is -3.29. The second kappa shape index (κ2) is 6.45. The number of nitrogens with zero attached hydrogens (tertiary/aromatic N) is 1. The van der Waals surface area contributed by atoms with Crippen LogP contribution in [0.5, 0.6) is 0 Å². The summed E-state index contributed by atoms with van der Waals surface area (Å²) >= 11 is 0. The van der Waals surface area contributed by atoms with E-state index in [1.165, 1.54) is 0 Å². The first-order valence-corrected chi connectivity index (χ1v) is 8.27. The van der Waals surface area contributed by atoms with Crippen LogP contribution in [0, 0.1) is 5.92 Å². The number of hydrogen-bond acceptors (Lipinski definition) is 4. The summed E-state index contributed by atoms with van der Waals surface area (Å²) in [5.74, 6) is 0.0944. The number of aliphatic hydroxyl groups excluding tert-OH is 1. The van der Waals surface area contributed by atoms with Crippen LogP contribution in [0.15, 0.2) is 24.4 Å². The van der Waals surface area contributed by atoms with Crippen LogP contribution in [0.4, 0.5) is 0 Å². The molecule has 1 aromatic rings. The van der Waals surface area contributed by atoms with Crippen LogP contribution in [0.2, 0.25) is 0 Å². The zero-order chi connectivity index (χ0) is 13.7. The summed E-state index contributed by atoms with van der Waals surface area (Å²) in [6, 6.07) is 5.46. The van der Waals surface area contributed by atoms with E-state index in [0.717, 1.165) is 25.0 Å². The molecule has 6 heteroatoms. The number of aromatic nitrogens is 1. The molecule has 1 fully saturated rings. The zero-order valence-electron chi connectivity index (χ0n) is 10.8. The monoisotopic (exact) mass is 284 g/mol. The second-order valence-electron chi connectivity index (χ2n) is 5.00. The maximum Gasteiger partial charge on any atom is 0.211 e. The normalized spacial score (nSPS) is 23.6. The maximum absolute atomic E-state index is 11.8. The number of sulfonamides is 1. The smallest absolute Gasteiger partial charge is 0.211 e. The fourth-order valence-electron chi connectivity index (χ4n) is 2.35. The van der Waals surface area contributed by atoms with Gasteiger partial charge in [-0.3, -0.25) is 4.98 Å². The highest BCUT2D eigenvalue weighted by atomic mass is 32.2. The molecule has 1 saturated carbocycles. The van der Waals surface area contributed by atoms with E-state index in [-0.39, 0.29) is 17.8 Å². The summed E-state index contributed by atoms with van der Waals surface area (Å²) in [5, 5.41) is 9.65. The third-order valence-corrected chi connectivity index (χ3v) is 4.89. The van der Waals surface area contributed by atoms with Gasteiger partial charge in [-0.1, -0.05) is 12.5 Å². The van der Waals surface area contributed by atoms with Crippen molar-refractivity contribution in [1.82, 2.24) is 9.71 Å². The second-order valence-corrected chi connectivity index (χ2v) is 6.92. The van der Waals surface area contributed by atoms with Crippen LogP contribution in [0.25, 0.3) is 0 Å². The predicted octanol–water partition coefficient (Wildman–Crippen LogP) is 0.704. The summed E-state index contributed by atoms with van der Waals surface area (Å²) in [6.45, 7) is 0.339. The quantitative estimate of drug-likeness (QED) is 0.806. The SMILES string of the molecule is O=S(=O)(CCc1ccccn1)NCC1CCCC1O. The molecule has 1 aliphatic carbocycles. The molecule has 0 bridgehead atoms. The average Bonchev–Trinajstić information content (AvgIpc) is 2.81. The van der Waals surface area contributed by atoms with Crippen molar-refractivity contribution >= 4 is 10.0 Å². The van der Waals surface area contributed by atoms with Gasteiger partial charge in [-0.05, 0) is 30.9 Å². The van der Waals surface area contributed by atoms with Crippen molar-refractivity contribution in [3.05, 3.63) is 30.1 Å². The molecular weight excluding hydrogens is 264 g/mol. The maximum atomic E-state index is 11.8. The molecule has 0 aliphatic heterocycles. The van der Waals surface area contributed by atoms with Gasteiger partial charge in [0.15, 0.2) is 0 Å². The number of nitrogens with one attached hydrogen (secondary N) is 1. The Hall–Kier alpha value is -0.980. The van der Waals surface area contributed by atoms with Gasteiger partial charge in [-0.2, -0.15) is 0 Å². The van der Waals surface area contributed by atoms with E-state index < -0.39 is 10.0 Å². The van der Waals surface area contributed by atoms with E-state index in [0.29, 0.717) is 13.0 Å². The lowest BCUT2D eigenvalue weighted by atomic mass is 10.1. The van der Waals surface area contributed by atoms with Gasteiger partial charge >= 0.3 is 0 Å². The van der Waals surface area contributed by atoms with Gasteiger partial charge < -0.3 is 5.11 Å². The van der Waals surface area contributed by atoms with E-state index >= 15 is 0 Å². The van der Waals surface area contributed by atoms with E-state index in [1.807, 2.05) is 12.1 Å². The molecule has 19 heavy (non-hydrogen) atoms. The molecule has 2 rings (SSSR count). The van der Waals surface area contributed by atoms with Crippen molar-refractivity contribution in [2.75, 3.05) is 12.3 Å². The molecule has 0 spiro atoms. The highest BCUT2D eigenvalue weighted by Crippen LogP contribution is 2.24. The first-order chi connectivity index (χ1) is 9.07. The van der Waals surface area contributed by atoms with Crippen LogP contribution in [-0.4, -0.2) is 36.9 Å². The van der Waals surface area contributed by atoms with Crippen LogP contribution in [-0.2, 0) is 16.4 Å². The Morgan fingerprint density at radius 2 is 2.21 bits per heavy atom. The molecular formula is C13H20N2O3S. The fourth-order valence-corrected chi connectivity index (χ4v) is 3.44. The molecule has 0 saturated heterocycles. The van der Waals surface area contributed by atoms with Crippen molar-refractivity contribution in [2.45, 2.75) is 31.8 Å². The van der Waals surface area contributed by atoms with Crippen molar-refractivity contribution in [3.63, 3.8) is 0 Å². The molecule has 1 aromatic heterocycles. The minimum absolute atomic E-state index is 0.0346. The largest absolute Gasteiger partial charge is 0.393 e. The lowest BCUT2D eigenvalue weighted by Gasteiger charge is -2.15. The third-order valence-electron chi connectivity index (χ3n) is 3.54. The summed E-state index contributed by atoms with van der Waals surface area (Å²) in [5.41, 5.74) is 0.772. The van der Waals surface area contributed by atoms with E-state index in [2.05, 4.69) is 9.71 Å². The molecule has 1 heterocycles. The van der Waals surface area contributed by atoms with Crippen molar-refractivity contribution < 1.29 is 13.5 Å². The molecule has 2 unspecified atom stereocenters. The van der Waals surface area contributed by atoms with Crippen molar-refractivity contribution in [2.24, 2.45) is 5.92 Å². The predicted molar refractivity (Wildman–Crippen MR) is 73.1 cm³/mol. The summed E-state index contributed by atoms with van der Waals surface area (Å²) in [7, 11) is -3.29. The fraction of sp³-hybridized carbons (Fsp3) is 0.615. The van der Waals surface area contributed by atoms with Gasteiger partial charge in [-0.15, -0.1) is 0 Å². The molecule has 0 amide bonds. The van der Waals surface area contributed by atoms with Gasteiger partial charge in [0.2, 0.25) is 10.0 Å². The lowest BCUT2D eigenvalue weighted by Crippen LogP contribution is -2.34. The molecule has 5 nitrogen and oxygen atoms in total.